The Morgan fingerprint density at radius 2 is 1.67 bits per heavy atom. The van der Waals surface area contributed by atoms with Gasteiger partial charge in [-0.05, 0) is 24.3 Å². The molecule has 2 aromatic carbocycles. The lowest BCUT2D eigenvalue weighted by Gasteiger charge is -2.10. The van der Waals surface area contributed by atoms with Gasteiger partial charge in [-0.2, -0.15) is 0 Å². The predicted molar refractivity (Wildman–Crippen MR) is 73.4 cm³/mol. The highest BCUT2D eigenvalue weighted by Crippen LogP contribution is 2.30. The Balaban J connectivity index is 2.71. The summed E-state index contributed by atoms with van der Waals surface area (Å²) in [6, 6.07) is 6.45. The second kappa shape index (κ2) is 5.25. The number of carbonyl (C=O) groups is 1. The molecule has 2 rings (SSSR count). The van der Waals surface area contributed by atoms with Gasteiger partial charge >= 0.3 is 0 Å². The molecule has 21 heavy (non-hydrogen) atoms. The van der Waals surface area contributed by atoms with Crippen LogP contribution in [0, 0.1) is 11.6 Å². The van der Waals surface area contributed by atoms with E-state index in [1.54, 1.807) is 0 Å². The summed E-state index contributed by atoms with van der Waals surface area (Å²) in [5, 5.41) is 0. The molecule has 0 atom stereocenters. The Labute approximate surface area is 120 Å². The van der Waals surface area contributed by atoms with Crippen molar-refractivity contribution in [3.05, 3.63) is 53.6 Å². The Bertz CT molecular complexity index is 832. The van der Waals surface area contributed by atoms with Gasteiger partial charge in [-0.15, -0.1) is 0 Å². The number of rotatable bonds is 3. The summed E-state index contributed by atoms with van der Waals surface area (Å²) in [7, 11) is -3.75. The van der Waals surface area contributed by atoms with Crippen LogP contribution in [0.3, 0.4) is 0 Å². The van der Waals surface area contributed by atoms with Crippen molar-refractivity contribution in [1.82, 2.24) is 0 Å². The molecule has 0 aliphatic rings. The first-order chi connectivity index (χ1) is 9.70. The van der Waals surface area contributed by atoms with E-state index in [2.05, 4.69) is 0 Å². The molecule has 0 bridgehead atoms. The first-order valence-electron chi connectivity index (χ1n) is 5.79. The summed E-state index contributed by atoms with van der Waals surface area (Å²) in [5.41, 5.74) is 4.96. The number of hydrogen-bond acceptors (Lipinski definition) is 3. The van der Waals surface area contributed by atoms with Crippen LogP contribution in [0.1, 0.15) is 10.4 Å². The summed E-state index contributed by atoms with van der Waals surface area (Å²) in [6.45, 7) is 0. The van der Waals surface area contributed by atoms with E-state index < -0.39 is 27.4 Å². The van der Waals surface area contributed by atoms with Gasteiger partial charge in [0.1, 0.15) is 11.6 Å². The standard InChI is InChI=1S/C14H11F2NO3S/c1-21(19,20)13-7-9(15)3-5-11(13)10-4-2-8(14(17)18)6-12(10)16/h2-7H,1H3,(H2,17,18). The number of halogens is 2. The molecule has 0 heterocycles. The fraction of sp³-hybridized carbons (Fsp3) is 0.0714. The Morgan fingerprint density at radius 3 is 2.19 bits per heavy atom. The maximum absolute atomic E-state index is 14.1. The molecule has 0 aromatic heterocycles. The van der Waals surface area contributed by atoms with Crippen molar-refractivity contribution in [2.75, 3.05) is 6.26 Å². The van der Waals surface area contributed by atoms with Gasteiger partial charge in [0.2, 0.25) is 5.91 Å². The molecule has 1 amide bonds. The molecule has 110 valence electrons. The van der Waals surface area contributed by atoms with E-state index in [9.17, 15) is 22.0 Å². The van der Waals surface area contributed by atoms with Crippen LogP contribution >= 0.6 is 0 Å². The molecule has 0 saturated heterocycles. The van der Waals surface area contributed by atoms with E-state index in [1.807, 2.05) is 0 Å². The fourth-order valence-corrected chi connectivity index (χ4v) is 2.82. The van der Waals surface area contributed by atoms with E-state index in [0.717, 1.165) is 24.5 Å². The number of primary amides is 1. The van der Waals surface area contributed by atoms with Crippen molar-refractivity contribution in [1.29, 1.82) is 0 Å². The van der Waals surface area contributed by atoms with Gasteiger partial charge < -0.3 is 5.73 Å². The summed E-state index contributed by atoms with van der Waals surface area (Å²) in [5.74, 6) is -2.36. The minimum absolute atomic E-state index is 0.0208. The van der Waals surface area contributed by atoms with Gasteiger partial charge in [-0.3, -0.25) is 4.79 Å². The minimum Gasteiger partial charge on any atom is -0.366 e. The van der Waals surface area contributed by atoms with Gasteiger partial charge in [-0.1, -0.05) is 12.1 Å². The molecule has 7 heteroatoms. The lowest BCUT2D eigenvalue weighted by Crippen LogP contribution is -2.11. The second-order valence-corrected chi connectivity index (χ2v) is 6.46. The van der Waals surface area contributed by atoms with Crippen molar-refractivity contribution in [2.45, 2.75) is 4.90 Å². The first-order valence-corrected chi connectivity index (χ1v) is 7.68. The number of hydrogen-bond donors (Lipinski definition) is 1. The normalized spacial score (nSPS) is 11.4. The first kappa shape index (κ1) is 15.1. The molecule has 0 radical (unpaired) electrons. The molecule has 0 aliphatic heterocycles. The summed E-state index contributed by atoms with van der Waals surface area (Å²) >= 11 is 0. The van der Waals surface area contributed by atoms with E-state index in [1.165, 1.54) is 18.2 Å². The zero-order valence-electron chi connectivity index (χ0n) is 10.9. The Morgan fingerprint density at radius 1 is 1.05 bits per heavy atom. The molecule has 2 aromatic rings. The van der Waals surface area contributed by atoms with Crippen LogP contribution in [0.5, 0.6) is 0 Å². The third-order valence-corrected chi connectivity index (χ3v) is 4.02. The third-order valence-electron chi connectivity index (χ3n) is 2.89. The topological polar surface area (TPSA) is 77.2 Å². The molecular formula is C14H11F2NO3S. The summed E-state index contributed by atoms with van der Waals surface area (Å²) < 4.78 is 50.7. The largest absolute Gasteiger partial charge is 0.366 e. The van der Waals surface area contributed by atoms with Gasteiger partial charge in [0.25, 0.3) is 0 Å². The van der Waals surface area contributed by atoms with E-state index in [4.69, 9.17) is 5.73 Å². The summed E-state index contributed by atoms with van der Waals surface area (Å²) in [6.07, 6.45) is 0.904. The zero-order valence-corrected chi connectivity index (χ0v) is 11.7. The summed E-state index contributed by atoms with van der Waals surface area (Å²) in [4.78, 5) is 10.7. The number of nitrogens with two attached hydrogens (primary N) is 1. The van der Waals surface area contributed by atoms with Crippen LogP contribution in [0.15, 0.2) is 41.3 Å². The average Bonchev–Trinajstić information content (AvgIpc) is 2.38. The van der Waals surface area contributed by atoms with Crippen LogP contribution in [0.4, 0.5) is 8.78 Å². The number of benzene rings is 2. The maximum Gasteiger partial charge on any atom is 0.248 e. The van der Waals surface area contributed by atoms with E-state index >= 15 is 0 Å². The van der Waals surface area contributed by atoms with Crippen LogP contribution in [0.2, 0.25) is 0 Å². The van der Waals surface area contributed by atoms with Gasteiger partial charge in [-0.25, -0.2) is 17.2 Å². The molecule has 2 N–H and O–H groups in total. The van der Waals surface area contributed by atoms with Crippen molar-refractivity contribution >= 4 is 15.7 Å². The van der Waals surface area contributed by atoms with Crippen molar-refractivity contribution in [3.8, 4) is 11.1 Å². The minimum atomic E-state index is -3.75. The molecular weight excluding hydrogens is 300 g/mol. The molecule has 4 nitrogen and oxygen atoms in total. The van der Waals surface area contributed by atoms with Crippen molar-refractivity contribution < 1.29 is 22.0 Å². The Hall–Kier alpha value is -2.28. The van der Waals surface area contributed by atoms with Gasteiger partial charge in [0.05, 0.1) is 4.90 Å². The van der Waals surface area contributed by atoms with E-state index in [0.29, 0.717) is 0 Å². The number of sulfone groups is 1. The molecule has 0 spiro atoms. The van der Waals surface area contributed by atoms with E-state index in [-0.39, 0.29) is 21.6 Å². The predicted octanol–water partition coefficient (Wildman–Crippen LogP) is 2.13. The number of amides is 1. The second-order valence-electron chi connectivity index (χ2n) is 4.47. The highest BCUT2D eigenvalue weighted by molar-refractivity contribution is 7.90. The van der Waals surface area contributed by atoms with Crippen molar-refractivity contribution in [2.24, 2.45) is 5.73 Å². The molecule has 0 unspecified atom stereocenters. The smallest absolute Gasteiger partial charge is 0.248 e. The van der Waals surface area contributed by atoms with Crippen LogP contribution < -0.4 is 5.73 Å². The van der Waals surface area contributed by atoms with Crippen molar-refractivity contribution in [3.63, 3.8) is 0 Å². The molecule has 0 fully saturated rings. The lowest BCUT2D eigenvalue weighted by molar-refractivity contribution is 0.1000. The van der Waals surface area contributed by atoms with Gasteiger partial charge in [0.15, 0.2) is 9.84 Å². The molecule has 0 aliphatic carbocycles. The van der Waals surface area contributed by atoms with Crippen LogP contribution in [0.25, 0.3) is 11.1 Å². The fourth-order valence-electron chi connectivity index (χ4n) is 1.91. The zero-order chi connectivity index (χ0) is 15.8. The van der Waals surface area contributed by atoms with Crippen LogP contribution in [-0.2, 0) is 9.84 Å². The maximum atomic E-state index is 14.1. The quantitative estimate of drug-likeness (QED) is 0.943. The number of carbonyl (C=O) groups excluding carboxylic acids is 1. The SMILES string of the molecule is CS(=O)(=O)c1cc(F)ccc1-c1ccc(C(N)=O)cc1F. The Kier molecular flexibility index (Phi) is 3.78. The third kappa shape index (κ3) is 3.08. The highest BCUT2D eigenvalue weighted by atomic mass is 32.2. The monoisotopic (exact) mass is 311 g/mol. The van der Waals surface area contributed by atoms with Crippen LogP contribution in [-0.4, -0.2) is 20.6 Å². The highest BCUT2D eigenvalue weighted by Gasteiger charge is 2.18. The molecule has 0 saturated carbocycles. The lowest BCUT2D eigenvalue weighted by atomic mass is 10.0. The average molecular weight is 311 g/mol. The van der Waals surface area contributed by atoms with Gasteiger partial charge in [0, 0.05) is 22.9 Å².